The number of esters is 1. The van der Waals surface area contributed by atoms with Crippen molar-refractivity contribution in [3.63, 3.8) is 0 Å². The van der Waals surface area contributed by atoms with Crippen LogP contribution in [0.5, 0.6) is 0 Å². The van der Waals surface area contributed by atoms with Crippen molar-refractivity contribution in [3.05, 3.63) is 40.3 Å². The highest BCUT2D eigenvalue weighted by Crippen LogP contribution is 2.31. The van der Waals surface area contributed by atoms with Crippen LogP contribution in [0, 0.1) is 0 Å². The summed E-state index contributed by atoms with van der Waals surface area (Å²) in [5.41, 5.74) is -0.422. The molecular weight excluding hydrogens is 293 g/mol. The molecule has 2 rings (SSSR count). The van der Waals surface area contributed by atoms with E-state index in [0.717, 1.165) is 23.6 Å². The molecule has 0 spiro atoms. The van der Waals surface area contributed by atoms with Gasteiger partial charge in [0.05, 0.1) is 12.8 Å². The molecule has 1 N–H and O–H groups in total. The molecule has 106 valence electrons. The number of hydrogen-bond acceptors (Lipinski definition) is 5. The number of thiophene rings is 1. The average Bonchev–Trinajstić information content (AvgIpc) is 2.85. The number of carbonyl (C=O) groups excluding carboxylic acids is 1. The number of carbonyl (C=O) groups is 1. The monoisotopic (exact) mass is 302 g/mol. The number of alkyl halides is 3. The van der Waals surface area contributed by atoms with E-state index in [0.29, 0.717) is 5.69 Å². The zero-order valence-electron chi connectivity index (χ0n) is 10.2. The van der Waals surface area contributed by atoms with Crippen LogP contribution in [0.2, 0.25) is 0 Å². The van der Waals surface area contributed by atoms with Gasteiger partial charge in [-0.05, 0) is 23.6 Å². The van der Waals surface area contributed by atoms with Gasteiger partial charge in [0, 0.05) is 11.9 Å². The van der Waals surface area contributed by atoms with Crippen LogP contribution in [0.1, 0.15) is 15.4 Å². The van der Waals surface area contributed by atoms with Crippen molar-refractivity contribution in [2.24, 2.45) is 0 Å². The molecule has 0 saturated carbocycles. The predicted molar refractivity (Wildman–Crippen MR) is 68.2 cm³/mol. The molecule has 0 unspecified atom stereocenters. The van der Waals surface area contributed by atoms with E-state index in [4.69, 9.17) is 0 Å². The van der Waals surface area contributed by atoms with Gasteiger partial charge in [-0.2, -0.15) is 13.2 Å². The normalized spacial score (nSPS) is 11.2. The van der Waals surface area contributed by atoms with Crippen LogP contribution in [0.15, 0.2) is 29.8 Å². The third-order valence-electron chi connectivity index (χ3n) is 2.37. The Morgan fingerprint density at radius 2 is 2.15 bits per heavy atom. The maximum absolute atomic E-state index is 12.5. The average molecular weight is 302 g/mol. The Balaban J connectivity index is 2.27. The number of nitrogens with zero attached hydrogens (tertiary/aromatic N) is 1. The summed E-state index contributed by atoms with van der Waals surface area (Å²) in [7, 11) is 1.24. The second-order valence-corrected chi connectivity index (χ2v) is 4.62. The second-order valence-electron chi connectivity index (χ2n) is 3.71. The quantitative estimate of drug-likeness (QED) is 0.879. The van der Waals surface area contributed by atoms with Gasteiger partial charge >= 0.3 is 12.1 Å². The summed E-state index contributed by atoms with van der Waals surface area (Å²) in [6.07, 6.45) is -3.47. The summed E-state index contributed by atoms with van der Waals surface area (Å²) in [4.78, 5) is 15.0. The molecular formula is C12H9F3N2O2S. The number of rotatable bonds is 3. The molecule has 0 atom stereocenters. The van der Waals surface area contributed by atoms with Crippen molar-refractivity contribution in [1.29, 1.82) is 0 Å². The fourth-order valence-electron chi connectivity index (χ4n) is 1.48. The Morgan fingerprint density at radius 3 is 2.80 bits per heavy atom. The van der Waals surface area contributed by atoms with Crippen LogP contribution in [0.3, 0.4) is 0 Å². The van der Waals surface area contributed by atoms with Gasteiger partial charge in [0.25, 0.3) is 0 Å². The van der Waals surface area contributed by atoms with Crippen LogP contribution in [0.4, 0.5) is 24.5 Å². The van der Waals surface area contributed by atoms with E-state index in [9.17, 15) is 18.0 Å². The van der Waals surface area contributed by atoms with E-state index in [1.165, 1.54) is 13.2 Å². The summed E-state index contributed by atoms with van der Waals surface area (Å²) < 4.78 is 42.2. The Hall–Kier alpha value is -2.09. The summed E-state index contributed by atoms with van der Waals surface area (Å²) >= 11 is 1.14. The topological polar surface area (TPSA) is 51.2 Å². The molecule has 8 heteroatoms. The second kappa shape index (κ2) is 5.49. The molecule has 0 amide bonds. The lowest BCUT2D eigenvalue weighted by molar-refractivity contribution is -0.141. The van der Waals surface area contributed by atoms with E-state index in [1.54, 1.807) is 11.4 Å². The first-order valence-corrected chi connectivity index (χ1v) is 6.26. The third-order valence-corrected chi connectivity index (χ3v) is 3.26. The molecule has 0 saturated heterocycles. The summed E-state index contributed by atoms with van der Waals surface area (Å²) in [6, 6.07) is 3.84. The van der Waals surface area contributed by atoms with E-state index in [2.05, 4.69) is 15.0 Å². The van der Waals surface area contributed by atoms with Crippen molar-refractivity contribution in [3.8, 4) is 0 Å². The standard InChI is InChI=1S/C12H9F3N2O2S/c1-19-11(18)10-8(3-5-20-10)17-7-2-4-16-9(6-7)12(13,14)15/h2-6H,1H3,(H,16,17). The lowest BCUT2D eigenvalue weighted by atomic mass is 10.3. The summed E-state index contributed by atoms with van der Waals surface area (Å²) in [6.45, 7) is 0. The van der Waals surface area contributed by atoms with E-state index in [-0.39, 0.29) is 10.6 Å². The fourth-order valence-corrected chi connectivity index (χ4v) is 2.24. The van der Waals surface area contributed by atoms with Crippen LogP contribution in [-0.2, 0) is 10.9 Å². The minimum atomic E-state index is -4.52. The number of pyridine rings is 1. The van der Waals surface area contributed by atoms with Gasteiger partial charge in [0.15, 0.2) is 0 Å². The Labute approximate surface area is 116 Å². The molecule has 0 aromatic carbocycles. The van der Waals surface area contributed by atoms with Crippen molar-refractivity contribution in [1.82, 2.24) is 4.98 Å². The zero-order chi connectivity index (χ0) is 14.8. The van der Waals surface area contributed by atoms with Crippen LogP contribution in [-0.4, -0.2) is 18.1 Å². The SMILES string of the molecule is COC(=O)c1sccc1Nc1ccnc(C(F)(F)F)c1. The van der Waals surface area contributed by atoms with Gasteiger partial charge in [0.1, 0.15) is 10.6 Å². The minimum Gasteiger partial charge on any atom is -0.465 e. The van der Waals surface area contributed by atoms with Gasteiger partial charge in [-0.25, -0.2) is 4.79 Å². The van der Waals surface area contributed by atoms with E-state index < -0.39 is 17.8 Å². The predicted octanol–water partition coefficient (Wildman–Crippen LogP) is 3.69. The van der Waals surface area contributed by atoms with Gasteiger partial charge in [-0.15, -0.1) is 11.3 Å². The van der Waals surface area contributed by atoms with Gasteiger partial charge in [-0.3, -0.25) is 4.98 Å². The fraction of sp³-hybridized carbons (Fsp3) is 0.167. The number of nitrogens with one attached hydrogen (secondary N) is 1. The smallest absolute Gasteiger partial charge is 0.433 e. The molecule has 0 aliphatic carbocycles. The number of methoxy groups -OCH3 is 1. The molecule has 0 aliphatic rings. The highest BCUT2D eigenvalue weighted by Gasteiger charge is 2.32. The lowest BCUT2D eigenvalue weighted by Gasteiger charge is -2.09. The van der Waals surface area contributed by atoms with Gasteiger partial charge in [-0.1, -0.05) is 0 Å². The van der Waals surface area contributed by atoms with Crippen LogP contribution < -0.4 is 5.32 Å². The molecule has 4 nitrogen and oxygen atoms in total. The van der Waals surface area contributed by atoms with Gasteiger partial charge in [0.2, 0.25) is 0 Å². The largest absolute Gasteiger partial charge is 0.465 e. The van der Waals surface area contributed by atoms with Gasteiger partial charge < -0.3 is 10.1 Å². The Kier molecular flexibility index (Phi) is 3.93. The molecule has 0 fully saturated rings. The highest BCUT2D eigenvalue weighted by molar-refractivity contribution is 7.12. The number of hydrogen-bond donors (Lipinski definition) is 1. The maximum Gasteiger partial charge on any atom is 0.433 e. The Bertz CT molecular complexity index is 625. The number of aromatic nitrogens is 1. The van der Waals surface area contributed by atoms with Crippen molar-refractivity contribution in [2.45, 2.75) is 6.18 Å². The van der Waals surface area contributed by atoms with Crippen LogP contribution in [0.25, 0.3) is 0 Å². The number of ether oxygens (including phenoxy) is 1. The molecule has 2 aromatic heterocycles. The first kappa shape index (κ1) is 14.3. The molecule has 0 bridgehead atoms. The molecule has 0 radical (unpaired) electrons. The summed E-state index contributed by atoms with van der Waals surface area (Å²) in [5, 5.41) is 4.39. The number of halogens is 3. The minimum absolute atomic E-state index is 0.191. The van der Waals surface area contributed by atoms with Crippen molar-refractivity contribution >= 4 is 28.7 Å². The zero-order valence-corrected chi connectivity index (χ0v) is 11.0. The molecule has 2 aromatic rings. The summed E-state index contributed by atoms with van der Waals surface area (Å²) in [5.74, 6) is -0.549. The highest BCUT2D eigenvalue weighted by atomic mass is 32.1. The Morgan fingerprint density at radius 1 is 1.40 bits per heavy atom. The van der Waals surface area contributed by atoms with E-state index in [1.807, 2.05) is 0 Å². The van der Waals surface area contributed by atoms with Crippen LogP contribution >= 0.6 is 11.3 Å². The third kappa shape index (κ3) is 3.08. The maximum atomic E-state index is 12.5. The van der Waals surface area contributed by atoms with Crippen molar-refractivity contribution in [2.75, 3.05) is 12.4 Å². The molecule has 0 aliphatic heterocycles. The molecule has 20 heavy (non-hydrogen) atoms. The lowest BCUT2D eigenvalue weighted by Crippen LogP contribution is -2.08. The first-order chi connectivity index (χ1) is 9.41. The first-order valence-electron chi connectivity index (χ1n) is 5.38. The van der Waals surface area contributed by atoms with E-state index >= 15 is 0 Å². The molecule has 2 heterocycles. The van der Waals surface area contributed by atoms with Crippen molar-refractivity contribution < 1.29 is 22.7 Å². The number of anilines is 2.